The van der Waals surface area contributed by atoms with Crippen LogP contribution in [0, 0.1) is 21.7 Å². The first-order chi connectivity index (χ1) is 8.91. The van der Waals surface area contributed by atoms with Crippen molar-refractivity contribution in [2.45, 2.75) is 12.3 Å². The molecule has 0 aliphatic carbocycles. The molecular formula is C10H6ClF2N3O3. The van der Waals surface area contributed by atoms with Crippen molar-refractivity contribution in [2.75, 3.05) is 0 Å². The minimum atomic E-state index is -1.37. The van der Waals surface area contributed by atoms with Crippen LogP contribution in [0.3, 0.4) is 0 Å². The fraction of sp³-hybridized carbons (Fsp3) is 0.200. The fourth-order valence-electron chi connectivity index (χ4n) is 1.38. The van der Waals surface area contributed by atoms with E-state index < -0.39 is 39.1 Å². The second-order valence-corrected chi connectivity index (χ2v) is 4.24. The van der Waals surface area contributed by atoms with Gasteiger partial charge in [-0.2, -0.15) is 9.37 Å². The predicted octanol–water partition coefficient (Wildman–Crippen LogP) is 3.22. The van der Waals surface area contributed by atoms with Gasteiger partial charge >= 0.3 is 5.69 Å². The zero-order chi connectivity index (χ0) is 14.2. The van der Waals surface area contributed by atoms with Gasteiger partial charge in [-0.25, -0.2) is 4.39 Å². The van der Waals surface area contributed by atoms with E-state index in [1.165, 1.54) is 6.92 Å². The summed E-state index contributed by atoms with van der Waals surface area (Å²) in [6.07, 6.45) is 0. The molecule has 100 valence electrons. The fourth-order valence-corrected chi connectivity index (χ4v) is 1.47. The molecule has 0 aliphatic heterocycles. The van der Waals surface area contributed by atoms with Crippen molar-refractivity contribution < 1.29 is 18.2 Å². The molecule has 9 heteroatoms. The number of nitro benzene ring substituents is 1. The van der Waals surface area contributed by atoms with Crippen LogP contribution >= 0.6 is 11.6 Å². The van der Waals surface area contributed by atoms with Crippen LogP contribution in [0.15, 0.2) is 16.7 Å². The zero-order valence-corrected chi connectivity index (χ0v) is 10.2. The van der Waals surface area contributed by atoms with E-state index in [9.17, 15) is 18.9 Å². The Bertz CT molecular complexity index is 645. The maximum absolute atomic E-state index is 13.8. The SMILES string of the molecule is CC(Cl)c1noc(-c2c(F)ccc([N+](=O)[O-])c2F)n1. The number of nitrogens with zero attached hydrogens (tertiary/aromatic N) is 3. The quantitative estimate of drug-likeness (QED) is 0.492. The summed E-state index contributed by atoms with van der Waals surface area (Å²) in [6.45, 7) is 1.54. The highest BCUT2D eigenvalue weighted by molar-refractivity contribution is 6.20. The number of alkyl halides is 1. The predicted molar refractivity (Wildman–Crippen MR) is 60.6 cm³/mol. The third kappa shape index (κ3) is 2.39. The van der Waals surface area contributed by atoms with E-state index in [4.69, 9.17) is 11.6 Å². The van der Waals surface area contributed by atoms with Crippen molar-refractivity contribution in [1.82, 2.24) is 10.1 Å². The molecule has 1 heterocycles. The molecule has 0 saturated carbocycles. The molecule has 0 bridgehead atoms. The molecule has 19 heavy (non-hydrogen) atoms. The lowest BCUT2D eigenvalue weighted by molar-refractivity contribution is -0.387. The summed E-state index contributed by atoms with van der Waals surface area (Å²) in [4.78, 5) is 13.3. The molecule has 1 atom stereocenters. The molecule has 0 aliphatic rings. The number of benzene rings is 1. The Morgan fingerprint density at radius 3 is 2.68 bits per heavy atom. The van der Waals surface area contributed by atoms with E-state index >= 15 is 0 Å². The van der Waals surface area contributed by atoms with Gasteiger partial charge in [-0.05, 0) is 13.0 Å². The lowest BCUT2D eigenvalue weighted by Crippen LogP contribution is -1.98. The molecule has 0 fully saturated rings. The van der Waals surface area contributed by atoms with Crippen molar-refractivity contribution in [3.05, 3.63) is 39.7 Å². The molecule has 0 amide bonds. The first kappa shape index (κ1) is 13.3. The Labute approximate surface area is 110 Å². The van der Waals surface area contributed by atoms with Crippen LogP contribution in [0.2, 0.25) is 0 Å². The van der Waals surface area contributed by atoms with Crippen LogP contribution in [0.1, 0.15) is 18.1 Å². The van der Waals surface area contributed by atoms with Gasteiger partial charge in [-0.15, -0.1) is 11.6 Å². The maximum Gasteiger partial charge on any atom is 0.305 e. The standard InChI is InChI=1S/C10H6ClF2N3O3/c1-4(11)9-14-10(19-15-9)7-5(12)2-3-6(8(7)13)16(17)18/h2-4H,1H3. The highest BCUT2D eigenvalue weighted by atomic mass is 35.5. The van der Waals surface area contributed by atoms with Gasteiger partial charge in [0.2, 0.25) is 5.82 Å². The highest BCUT2D eigenvalue weighted by Gasteiger charge is 2.26. The van der Waals surface area contributed by atoms with Crippen LogP contribution < -0.4 is 0 Å². The largest absolute Gasteiger partial charge is 0.334 e. The lowest BCUT2D eigenvalue weighted by Gasteiger charge is -2.00. The molecule has 0 spiro atoms. The first-order valence-corrected chi connectivity index (χ1v) is 5.46. The van der Waals surface area contributed by atoms with E-state index in [-0.39, 0.29) is 5.82 Å². The number of halogens is 3. The second kappa shape index (κ2) is 4.88. The third-order valence-electron chi connectivity index (χ3n) is 2.28. The van der Waals surface area contributed by atoms with Crippen molar-refractivity contribution in [2.24, 2.45) is 0 Å². The Balaban J connectivity index is 2.60. The van der Waals surface area contributed by atoms with Gasteiger partial charge < -0.3 is 4.52 Å². The summed E-state index contributed by atoms with van der Waals surface area (Å²) in [6, 6.07) is 1.47. The minimum absolute atomic E-state index is 0.0296. The third-order valence-corrected chi connectivity index (χ3v) is 2.47. The molecule has 2 rings (SSSR count). The second-order valence-electron chi connectivity index (χ2n) is 3.59. The van der Waals surface area contributed by atoms with Crippen LogP contribution in [-0.2, 0) is 0 Å². The summed E-state index contributed by atoms with van der Waals surface area (Å²) in [7, 11) is 0. The molecule has 0 N–H and O–H groups in total. The van der Waals surface area contributed by atoms with Crippen molar-refractivity contribution in [3.63, 3.8) is 0 Å². The Hall–Kier alpha value is -2.09. The van der Waals surface area contributed by atoms with Gasteiger partial charge in [0.15, 0.2) is 5.82 Å². The molecule has 1 unspecified atom stereocenters. The first-order valence-electron chi connectivity index (χ1n) is 5.02. The van der Waals surface area contributed by atoms with E-state index in [0.717, 1.165) is 12.1 Å². The van der Waals surface area contributed by atoms with Gasteiger partial charge in [0.05, 0.1) is 10.3 Å². The smallest absolute Gasteiger partial charge is 0.305 e. The van der Waals surface area contributed by atoms with E-state index in [2.05, 4.69) is 14.7 Å². The van der Waals surface area contributed by atoms with Crippen LogP contribution in [-0.4, -0.2) is 15.1 Å². The van der Waals surface area contributed by atoms with Crippen molar-refractivity contribution in [1.29, 1.82) is 0 Å². The number of aromatic nitrogens is 2. The summed E-state index contributed by atoms with van der Waals surface area (Å²) >= 11 is 5.68. The molecule has 0 saturated heterocycles. The zero-order valence-electron chi connectivity index (χ0n) is 9.43. The van der Waals surface area contributed by atoms with Gasteiger partial charge in [-0.1, -0.05) is 5.16 Å². The van der Waals surface area contributed by atoms with Gasteiger partial charge in [0.1, 0.15) is 11.4 Å². The van der Waals surface area contributed by atoms with Crippen LogP contribution in [0.25, 0.3) is 11.5 Å². The van der Waals surface area contributed by atoms with E-state index in [1.807, 2.05) is 0 Å². The summed E-state index contributed by atoms with van der Waals surface area (Å²) in [5.74, 6) is -2.88. The van der Waals surface area contributed by atoms with Crippen molar-refractivity contribution >= 4 is 17.3 Å². The lowest BCUT2D eigenvalue weighted by atomic mass is 10.1. The number of hydrogen-bond donors (Lipinski definition) is 0. The molecule has 0 radical (unpaired) electrons. The monoisotopic (exact) mass is 289 g/mol. The van der Waals surface area contributed by atoms with Gasteiger partial charge in [-0.3, -0.25) is 10.1 Å². The average molecular weight is 290 g/mol. The Morgan fingerprint density at radius 2 is 2.16 bits per heavy atom. The number of rotatable bonds is 3. The number of nitro groups is 1. The average Bonchev–Trinajstić information content (AvgIpc) is 2.78. The van der Waals surface area contributed by atoms with Crippen LogP contribution in [0.5, 0.6) is 0 Å². The topological polar surface area (TPSA) is 82.1 Å². The van der Waals surface area contributed by atoms with E-state index in [1.54, 1.807) is 0 Å². The summed E-state index contributed by atoms with van der Waals surface area (Å²) in [5.41, 5.74) is -1.62. The molecule has 1 aromatic heterocycles. The highest BCUT2D eigenvalue weighted by Crippen LogP contribution is 2.31. The van der Waals surface area contributed by atoms with Crippen molar-refractivity contribution in [3.8, 4) is 11.5 Å². The summed E-state index contributed by atoms with van der Waals surface area (Å²) in [5, 5.41) is 13.4. The minimum Gasteiger partial charge on any atom is -0.334 e. The maximum atomic E-state index is 13.8. The normalized spacial score (nSPS) is 12.4. The Morgan fingerprint density at radius 1 is 1.47 bits per heavy atom. The van der Waals surface area contributed by atoms with Crippen LogP contribution in [0.4, 0.5) is 14.5 Å². The molecule has 6 nitrogen and oxygen atoms in total. The van der Waals surface area contributed by atoms with Gasteiger partial charge in [0, 0.05) is 6.07 Å². The molecular weight excluding hydrogens is 284 g/mol. The number of hydrogen-bond acceptors (Lipinski definition) is 5. The van der Waals surface area contributed by atoms with Gasteiger partial charge in [0.25, 0.3) is 5.89 Å². The van der Waals surface area contributed by atoms with E-state index in [0.29, 0.717) is 0 Å². The molecule has 2 aromatic rings. The summed E-state index contributed by atoms with van der Waals surface area (Å²) < 4.78 is 32.1. The Kier molecular flexibility index (Phi) is 3.43. The molecule has 1 aromatic carbocycles.